The van der Waals surface area contributed by atoms with Crippen molar-refractivity contribution in [3.63, 3.8) is 0 Å². The van der Waals surface area contributed by atoms with Gasteiger partial charge in [-0.2, -0.15) is 0 Å². The van der Waals surface area contributed by atoms with Crippen molar-refractivity contribution < 1.29 is 14.6 Å². The molecule has 2 aliphatic rings. The van der Waals surface area contributed by atoms with E-state index >= 15 is 0 Å². The maximum atomic E-state index is 12.5. The Bertz CT molecular complexity index is 729. The Labute approximate surface area is 148 Å². The Morgan fingerprint density at radius 1 is 1.12 bits per heavy atom. The maximum Gasteiger partial charge on any atom is 0.226 e. The van der Waals surface area contributed by atoms with Crippen LogP contribution in [0.4, 0.5) is 0 Å². The molecule has 25 heavy (non-hydrogen) atoms. The van der Waals surface area contributed by atoms with Gasteiger partial charge < -0.3 is 14.7 Å². The van der Waals surface area contributed by atoms with Crippen molar-refractivity contribution in [2.75, 3.05) is 13.1 Å². The van der Waals surface area contributed by atoms with Crippen molar-refractivity contribution in [1.82, 2.24) is 4.90 Å². The normalized spacial score (nSPS) is 25.0. The van der Waals surface area contributed by atoms with E-state index in [1.807, 2.05) is 47.4 Å². The van der Waals surface area contributed by atoms with E-state index in [-0.39, 0.29) is 17.9 Å². The highest BCUT2D eigenvalue weighted by atomic mass is 16.5. The van der Waals surface area contributed by atoms with E-state index in [2.05, 4.69) is 12.1 Å². The van der Waals surface area contributed by atoms with E-state index < -0.39 is 0 Å². The van der Waals surface area contributed by atoms with E-state index in [0.717, 1.165) is 17.7 Å². The summed E-state index contributed by atoms with van der Waals surface area (Å²) in [5, 5.41) is 9.59. The Balaban J connectivity index is 1.31. The van der Waals surface area contributed by atoms with Gasteiger partial charge in [-0.1, -0.05) is 42.5 Å². The molecular formula is C21H23NO3. The molecule has 1 aliphatic carbocycles. The van der Waals surface area contributed by atoms with Gasteiger partial charge in [-0.3, -0.25) is 4.79 Å². The fourth-order valence-electron chi connectivity index (χ4n) is 3.56. The molecule has 1 amide bonds. The third-order valence-corrected chi connectivity index (χ3v) is 5.14. The van der Waals surface area contributed by atoms with Crippen LogP contribution in [-0.2, 0) is 11.4 Å². The predicted octanol–water partition coefficient (Wildman–Crippen LogP) is 2.96. The minimum absolute atomic E-state index is 0.0846. The number of rotatable bonds is 5. The Morgan fingerprint density at radius 2 is 1.88 bits per heavy atom. The Kier molecular flexibility index (Phi) is 4.45. The molecule has 2 aromatic rings. The summed E-state index contributed by atoms with van der Waals surface area (Å²) in [6.45, 7) is 1.74. The van der Waals surface area contributed by atoms with Gasteiger partial charge in [0.25, 0.3) is 0 Å². The number of amides is 1. The quantitative estimate of drug-likeness (QED) is 0.912. The average Bonchev–Trinajstić information content (AvgIpc) is 3.34. The van der Waals surface area contributed by atoms with E-state index in [0.29, 0.717) is 32.0 Å². The summed E-state index contributed by atoms with van der Waals surface area (Å²) in [5.74, 6) is 1.44. The van der Waals surface area contributed by atoms with Crippen molar-refractivity contribution in [2.24, 2.45) is 5.92 Å². The summed E-state index contributed by atoms with van der Waals surface area (Å²) < 4.78 is 5.81. The van der Waals surface area contributed by atoms with Gasteiger partial charge in [0.2, 0.25) is 5.91 Å². The van der Waals surface area contributed by atoms with Gasteiger partial charge in [0.15, 0.2) is 0 Å². The van der Waals surface area contributed by atoms with Crippen LogP contribution in [0.5, 0.6) is 5.75 Å². The summed E-state index contributed by atoms with van der Waals surface area (Å²) in [5.41, 5.74) is 2.34. The third-order valence-electron chi connectivity index (χ3n) is 5.14. The highest BCUT2D eigenvalue weighted by Crippen LogP contribution is 2.49. The average molecular weight is 337 g/mol. The van der Waals surface area contributed by atoms with Crippen molar-refractivity contribution >= 4 is 5.91 Å². The first kappa shape index (κ1) is 16.2. The van der Waals surface area contributed by atoms with Gasteiger partial charge in [0, 0.05) is 19.0 Å². The summed E-state index contributed by atoms with van der Waals surface area (Å²) in [6.07, 6.45) is 1.27. The van der Waals surface area contributed by atoms with Gasteiger partial charge in [-0.05, 0) is 42.0 Å². The molecule has 4 rings (SSSR count). The fourth-order valence-corrected chi connectivity index (χ4v) is 3.56. The predicted molar refractivity (Wildman–Crippen MR) is 95.3 cm³/mol. The fraction of sp³-hybridized carbons (Fsp3) is 0.381. The number of aliphatic hydroxyl groups excluding tert-OH is 1. The molecule has 1 saturated heterocycles. The number of hydrogen-bond acceptors (Lipinski definition) is 3. The summed E-state index contributed by atoms with van der Waals surface area (Å²) in [7, 11) is 0. The van der Waals surface area contributed by atoms with Gasteiger partial charge >= 0.3 is 0 Å². The van der Waals surface area contributed by atoms with Crippen molar-refractivity contribution in [1.29, 1.82) is 0 Å². The molecule has 130 valence electrons. The largest absolute Gasteiger partial charge is 0.489 e. The molecule has 0 unspecified atom stereocenters. The highest BCUT2D eigenvalue weighted by molar-refractivity contribution is 5.83. The number of hydrogen-bond donors (Lipinski definition) is 1. The second-order valence-electron chi connectivity index (χ2n) is 7.02. The van der Waals surface area contributed by atoms with Crippen molar-refractivity contribution in [2.45, 2.75) is 31.5 Å². The number of carbonyl (C=O) groups excluding carboxylic acids is 1. The molecule has 4 nitrogen and oxygen atoms in total. The lowest BCUT2D eigenvalue weighted by molar-refractivity contribution is -0.131. The van der Waals surface area contributed by atoms with Crippen LogP contribution in [0, 0.1) is 5.92 Å². The van der Waals surface area contributed by atoms with E-state index in [9.17, 15) is 9.90 Å². The number of benzene rings is 2. The molecule has 0 aromatic heterocycles. The number of ether oxygens (including phenoxy) is 1. The summed E-state index contributed by atoms with van der Waals surface area (Å²) in [6, 6.07) is 18.2. The zero-order valence-corrected chi connectivity index (χ0v) is 14.2. The van der Waals surface area contributed by atoms with Crippen molar-refractivity contribution in [3.8, 4) is 5.75 Å². The van der Waals surface area contributed by atoms with Crippen LogP contribution in [0.3, 0.4) is 0 Å². The molecule has 1 aliphatic heterocycles. The lowest BCUT2D eigenvalue weighted by Gasteiger charge is -2.15. The smallest absolute Gasteiger partial charge is 0.226 e. The Morgan fingerprint density at radius 3 is 2.56 bits per heavy atom. The standard InChI is InChI=1S/C21H23NO3/c23-17-10-11-22(13-17)21(24)20-12-19(20)16-6-8-18(9-7-16)25-14-15-4-2-1-3-5-15/h1-9,17,19-20,23H,10-14H2/t17-,19-,20-/m0/s1. The van der Waals surface area contributed by atoms with Crippen LogP contribution in [-0.4, -0.2) is 35.1 Å². The molecule has 2 aromatic carbocycles. The van der Waals surface area contributed by atoms with Crippen LogP contribution in [0.1, 0.15) is 29.9 Å². The molecule has 1 saturated carbocycles. The first-order valence-electron chi connectivity index (χ1n) is 8.94. The molecular weight excluding hydrogens is 314 g/mol. The first-order chi connectivity index (χ1) is 12.2. The lowest BCUT2D eigenvalue weighted by atomic mass is 10.1. The van der Waals surface area contributed by atoms with Crippen LogP contribution in [0.2, 0.25) is 0 Å². The number of aliphatic hydroxyl groups is 1. The molecule has 3 atom stereocenters. The second kappa shape index (κ2) is 6.89. The van der Waals surface area contributed by atoms with Crippen LogP contribution in [0.15, 0.2) is 54.6 Å². The monoisotopic (exact) mass is 337 g/mol. The van der Waals surface area contributed by atoms with E-state index in [4.69, 9.17) is 4.74 Å². The zero-order valence-electron chi connectivity index (χ0n) is 14.2. The molecule has 1 N–H and O–H groups in total. The van der Waals surface area contributed by atoms with Crippen LogP contribution < -0.4 is 4.74 Å². The zero-order chi connectivity index (χ0) is 17.2. The first-order valence-corrected chi connectivity index (χ1v) is 8.94. The molecule has 0 bridgehead atoms. The number of likely N-dealkylation sites (tertiary alicyclic amines) is 1. The third kappa shape index (κ3) is 3.69. The van der Waals surface area contributed by atoms with Gasteiger partial charge in [-0.25, -0.2) is 0 Å². The van der Waals surface area contributed by atoms with Gasteiger partial charge in [0.1, 0.15) is 12.4 Å². The van der Waals surface area contributed by atoms with Gasteiger partial charge in [0.05, 0.1) is 6.10 Å². The molecule has 0 spiro atoms. The van der Waals surface area contributed by atoms with Crippen LogP contribution >= 0.6 is 0 Å². The molecule has 4 heteroatoms. The number of nitrogens with zero attached hydrogens (tertiary/aromatic N) is 1. The highest BCUT2D eigenvalue weighted by Gasteiger charge is 2.46. The van der Waals surface area contributed by atoms with Crippen LogP contribution in [0.25, 0.3) is 0 Å². The minimum Gasteiger partial charge on any atom is -0.489 e. The summed E-state index contributed by atoms with van der Waals surface area (Å²) in [4.78, 5) is 14.3. The number of β-amino-alcohol motifs (C(OH)–C–C–N with tert-alkyl or cyclic N) is 1. The minimum atomic E-state index is -0.345. The summed E-state index contributed by atoms with van der Waals surface area (Å²) >= 11 is 0. The molecule has 2 fully saturated rings. The van der Waals surface area contributed by atoms with E-state index in [1.165, 1.54) is 5.56 Å². The Hall–Kier alpha value is -2.33. The van der Waals surface area contributed by atoms with Gasteiger partial charge in [-0.15, -0.1) is 0 Å². The lowest BCUT2D eigenvalue weighted by Crippen LogP contribution is -2.31. The molecule has 0 radical (unpaired) electrons. The SMILES string of the molecule is O=C([C@H]1C[C@H]1c1ccc(OCc2ccccc2)cc1)N1CC[C@H](O)C1. The van der Waals surface area contributed by atoms with Crippen molar-refractivity contribution in [3.05, 3.63) is 65.7 Å². The number of carbonyl (C=O) groups is 1. The maximum absolute atomic E-state index is 12.5. The van der Waals surface area contributed by atoms with E-state index in [1.54, 1.807) is 0 Å². The second-order valence-corrected chi connectivity index (χ2v) is 7.02. The topological polar surface area (TPSA) is 49.8 Å². The molecule has 1 heterocycles.